The van der Waals surface area contributed by atoms with Gasteiger partial charge < -0.3 is 10.2 Å². The molecule has 0 radical (unpaired) electrons. The Kier molecular flexibility index (Phi) is 2.95. The molecule has 1 aromatic heterocycles. The third-order valence-electron chi connectivity index (χ3n) is 2.01. The van der Waals surface area contributed by atoms with Gasteiger partial charge in [0.2, 0.25) is 0 Å². The smallest absolute Gasteiger partial charge is 0.181 e. The summed E-state index contributed by atoms with van der Waals surface area (Å²) in [4.78, 5) is 3.99. The number of benzene rings is 1. The van der Waals surface area contributed by atoms with Gasteiger partial charge in [-0.05, 0) is 18.2 Å². The second-order valence-electron chi connectivity index (χ2n) is 2.96. The van der Waals surface area contributed by atoms with E-state index in [4.69, 9.17) is 33.4 Å². The van der Waals surface area contributed by atoms with Gasteiger partial charge in [-0.1, -0.05) is 23.2 Å². The normalized spacial score (nSPS) is 10.6. The first-order valence-corrected chi connectivity index (χ1v) is 5.06. The number of nitrogens with two attached hydrogens (primary N) is 1. The van der Waals surface area contributed by atoms with Crippen LogP contribution in [-0.4, -0.2) is 4.98 Å². The van der Waals surface area contributed by atoms with E-state index in [1.165, 1.54) is 6.39 Å². The molecule has 1 aromatic carbocycles. The predicted molar refractivity (Wildman–Crippen MR) is 59.9 cm³/mol. The average molecular weight is 243 g/mol. The number of aromatic nitrogens is 1. The molecule has 1 heterocycles. The van der Waals surface area contributed by atoms with Crippen molar-refractivity contribution in [3.05, 3.63) is 40.3 Å². The van der Waals surface area contributed by atoms with Gasteiger partial charge in [-0.25, -0.2) is 4.98 Å². The summed E-state index contributed by atoms with van der Waals surface area (Å²) in [6.45, 7) is 0.300. The standard InChI is InChI=1S/C10H8Cl2N2O/c11-6-1-2-8(12)7(3-6)10-9(4-13)14-5-15-10/h1-3,5H,4,13H2. The quantitative estimate of drug-likeness (QED) is 0.881. The van der Waals surface area contributed by atoms with Crippen LogP contribution in [0.2, 0.25) is 10.0 Å². The van der Waals surface area contributed by atoms with E-state index in [0.29, 0.717) is 33.6 Å². The van der Waals surface area contributed by atoms with E-state index in [0.717, 1.165) is 0 Å². The zero-order valence-electron chi connectivity index (χ0n) is 7.71. The summed E-state index contributed by atoms with van der Waals surface area (Å²) in [5.41, 5.74) is 6.90. The fourth-order valence-corrected chi connectivity index (χ4v) is 1.68. The highest BCUT2D eigenvalue weighted by molar-refractivity contribution is 6.35. The molecule has 0 unspecified atom stereocenters. The third kappa shape index (κ3) is 2.00. The Morgan fingerprint density at radius 2 is 2.13 bits per heavy atom. The summed E-state index contributed by atoms with van der Waals surface area (Å²) in [7, 11) is 0. The molecule has 0 saturated heterocycles. The van der Waals surface area contributed by atoms with E-state index in [1.54, 1.807) is 18.2 Å². The summed E-state index contributed by atoms with van der Waals surface area (Å²) in [6, 6.07) is 5.15. The van der Waals surface area contributed by atoms with Crippen molar-refractivity contribution in [2.75, 3.05) is 0 Å². The van der Waals surface area contributed by atoms with Crippen LogP contribution >= 0.6 is 23.2 Å². The Morgan fingerprint density at radius 1 is 1.33 bits per heavy atom. The third-order valence-corrected chi connectivity index (χ3v) is 2.57. The first-order chi connectivity index (χ1) is 7.22. The molecule has 3 nitrogen and oxygen atoms in total. The SMILES string of the molecule is NCc1ncoc1-c1cc(Cl)ccc1Cl. The van der Waals surface area contributed by atoms with Gasteiger partial charge in [-0.3, -0.25) is 0 Å². The lowest BCUT2D eigenvalue weighted by Crippen LogP contribution is -1.98. The first kappa shape index (κ1) is 10.5. The van der Waals surface area contributed by atoms with Gasteiger partial charge in [0.15, 0.2) is 12.2 Å². The minimum absolute atomic E-state index is 0.300. The summed E-state index contributed by atoms with van der Waals surface area (Å²) in [6.07, 6.45) is 1.34. The molecule has 5 heteroatoms. The minimum Gasteiger partial charge on any atom is -0.443 e. The Balaban J connectivity index is 2.58. The van der Waals surface area contributed by atoms with Crippen molar-refractivity contribution in [2.24, 2.45) is 5.73 Å². The summed E-state index contributed by atoms with van der Waals surface area (Å²) < 4.78 is 5.24. The van der Waals surface area contributed by atoms with Crippen molar-refractivity contribution >= 4 is 23.2 Å². The van der Waals surface area contributed by atoms with Gasteiger partial charge in [0.05, 0.1) is 5.02 Å². The number of hydrogen-bond donors (Lipinski definition) is 1. The van der Waals surface area contributed by atoms with Crippen LogP contribution in [0.1, 0.15) is 5.69 Å². The number of rotatable bonds is 2. The van der Waals surface area contributed by atoms with Crippen molar-refractivity contribution in [2.45, 2.75) is 6.54 Å². The molecule has 0 aliphatic carbocycles. The van der Waals surface area contributed by atoms with Gasteiger partial charge >= 0.3 is 0 Å². The Labute approximate surface area is 96.8 Å². The highest BCUT2D eigenvalue weighted by Crippen LogP contribution is 2.32. The zero-order chi connectivity index (χ0) is 10.8. The molecule has 2 aromatic rings. The van der Waals surface area contributed by atoms with Gasteiger partial charge in [-0.15, -0.1) is 0 Å². The van der Waals surface area contributed by atoms with Crippen molar-refractivity contribution in [1.29, 1.82) is 0 Å². The van der Waals surface area contributed by atoms with Crippen LogP contribution in [0.25, 0.3) is 11.3 Å². The highest BCUT2D eigenvalue weighted by Gasteiger charge is 2.13. The lowest BCUT2D eigenvalue weighted by atomic mass is 10.1. The molecule has 0 aliphatic rings. The van der Waals surface area contributed by atoms with Gasteiger partial charge in [0.25, 0.3) is 0 Å². The second-order valence-corrected chi connectivity index (χ2v) is 3.80. The van der Waals surface area contributed by atoms with Crippen molar-refractivity contribution < 1.29 is 4.42 Å². The maximum absolute atomic E-state index is 6.03. The molecule has 2 N–H and O–H groups in total. The van der Waals surface area contributed by atoms with Crippen LogP contribution < -0.4 is 5.73 Å². The molecule has 0 spiro atoms. The summed E-state index contributed by atoms with van der Waals surface area (Å²) >= 11 is 11.9. The molecule has 0 bridgehead atoms. The molecule has 0 amide bonds. The van der Waals surface area contributed by atoms with E-state index in [9.17, 15) is 0 Å². The molecule has 15 heavy (non-hydrogen) atoms. The number of oxazole rings is 1. The lowest BCUT2D eigenvalue weighted by Gasteiger charge is -2.02. The van der Waals surface area contributed by atoms with Crippen LogP contribution in [0.3, 0.4) is 0 Å². The van der Waals surface area contributed by atoms with Crippen LogP contribution in [0, 0.1) is 0 Å². The van der Waals surface area contributed by atoms with E-state index < -0.39 is 0 Å². The van der Waals surface area contributed by atoms with Gasteiger partial charge in [0.1, 0.15) is 5.69 Å². The summed E-state index contributed by atoms with van der Waals surface area (Å²) in [5.74, 6) is 0.574. The predicted octanol–water partition coefficient (Wildman–Crippen LogP) is 3.11. The average Bonchev–Trinajstić information content (AvgIpc) is 2.69. The number of nitrogens with zero attached hydrogens (tertiary/aromatic N) is 1. The maximum Gasteiger partial charge on any atom is 0.181 e. The molecule has 0 atom stereocenters. The first-order valence-electron chi connectivity index (χ1n) is 4.30. The molecule has 2 rings (SSSR count). The molecule has 78 valence electrons. The van der Waals surface area contributed by atoms with Crippen LogP contribution in [-0.2, 0) is 6.54 Å². The van der Waals surface area contributed by atoms with E-state index in [1.807, 2.05) is 0 Å². The highest BCUT2D eigenvalue weighted by atomic mass is 35.5. The van der Waals surface area contributed by atoms with Crippen LogP contribution in [0.5, 0.6) is 0 Å². The second kappa shape index (κ2) is 4.23. The van der Waals surface area contributed by atoms with Crippen molar-refractivity contribution in [3.8, 4) is 11.3 Å². The Bertz CT molecular complexity index is 482. The van der Waals surface area contributed by atoms with Crippen LogP contribution in [0.4, 0.5) is 0 Å². The Hall–Kier alpha value is -1.03. The van der Waals surface area contributed by atoms with E-state index in [2.05, 4.69) is 4.98 Å². The fourth-order valence-electron chi connectivity index (χ4n) is 1.31. The largest absolute Gasteiger partial charge is 0.443 e. The molecular formula is C10H8Cl2N2O. The minimum atomic E-state index is 0.300. The summed E-state index contributed by atoms with van der Waals surface area (Å²) in [5, 5.41) is 1.15. The van der Waals surface area contributed by atoms with E-state index in [-0.39, 0.29) is 0 Å². The molecule has 0 aliphatic heterocycles. The number of hydrogen-bond acceptors (Lipinski definition) is 3. The van der Waals surface area contributed by atoms with E-state index >= 15 is 0 Å². The van der Waals surface area contributed by atoms with Crippen molar-refractivity contribution in [1.82, 2.24) is 4.98 Å². The van der Waals surface area contributed by atoms with Crippen LogP contribution in [0.15, 0.2) is 29.0 Å². The maximum atomic E-state index is 6.03. The zero-order valence-corrected chi connectivity index (χ0v) is 9.22. The molecule has 0 fully saturated rings. The number of halogens is 2. The topological polar surface area (TPSA) is 52.0 Å². The fraction of sp³-hybridized carbons (Fsp3) is 0.100. The van der Waals surface area contributed by atoms with Gasteiger partial charge in [0, 0.05) is 17.1 Å². The molecule has 0 saturated carbocycles. The van der Waals surface area contributed by atoms with Crippen molar-refractivity contribution in [3.63, 3.8) is 0 Å². The monoisotopic (exact) mass is 242 g/mol. The van der Waals surface area contributed by atoms with Gasteiger partial charge in [-0.2, -0.15) is 0 Å². The molecular weight excluding hydrogens is 235 g/mol. The Morgan fingerprint density at radius 3 is 2.87 bits per heavy atom. The lowest BCUT2D eigenvalue weighted by molar-refractivity contribution is 0.571.